The highest BCUT2D eigenvalue weighted by Gasteiger charge is 2.31. The SMILES string of the molecule is CNc1ccc2c(c1)N(C)C(c1ccc(O[11CH3])cc1)c1cc(CC(=O)OC(C)(C)C)ccc1-2. The molecule has 0 aliphatic carbocycles. The fourth-order valence-corrected chi connectivity index (χ4v) is 4.48. The number of methoxy groups -OCH3 is 1. The molecule has 5 heteroatoms. The minimum Gasteiger partial charge on any atom is -0.497 e. The standard InChI is InChI=1S/C28H32N2O3/c1-28(2,3)33-26(31)16-18-7-13-22-23-14-10-20(29-4)17-25(23)30(5)27(24(22)15-18)19-8-11-21(32-6)12-9-19/h7-15,17,27,29H,16H2,1-6H3/i6-1. The van der Waals surface area contributed by atoms with Crippen LogP contribution in [0, 0.1) is 0 Å². The zero-order chi connectivity index (χ0) is 23.8. The zero-order valence-corrected chi connectivity index (χ0v) is 20.2. The van der Waals surface area contributed by atoms with Crippen LogP contribution in [0.4, 0.5) is 11.4 Å². The highest BCUT2D eigenvalue weighted by molar-refractivity contribution is 5.88. The summed E-state index contributed by atoms with van der Waals surface area (Å²) in [6.45, 7) is 5.67. The van der Waals surface area contributed by atoms with Gasteiger partial charge in [0.05, 0.1) is 19.6 Å². The first-order valence-corrected chi connectivity index (χ1v) is 11.2. The van der Waals surface area contributed by atoms with Gasteiger partial charge in [-0.2, -0.15) is 0 Å². The maximum Gasteiger partial charge on any atom is 0.310 e. The minimum atomic E-state index is -0.499. The van der Waals surface area contributed by atoms with Gasteiger partial charge in [0.15, 0.2) is 0 Å². The van der Waals surface area contributed by atoms with Crippen molar-refractivity contribution in [1.82, 2.24) is 0 Å². The van der Waals surface area contributed by atoms with E-state index in [4.69, 9.17) is 9.47 Å². The van der Waals surface area contributed by atoms with Crippen LogP contribution in [0.3, 0.4) is 0 Å². The van der Waals surface area contributed by atoms with E-state index in [2.05, 4.69) is 59.7 Å². The summed E-state index contributed by atoms with van der Waals surface area (Å²) < 4.78 is 10.9. The van der Waals surface area contributed by atoms with Crippen LogP contribution in [0.2, 0.25) is 0 Å². The van der Waals surface area contributed by atoms with Crippen LogP contribution in [0.5, 0.6) is 5.75 Å². The summed E-state index contributed by atoms with van der Waals surface area (Å²) in [7, 11) is 5.73. The van der Waals surface area contributed by atoms with Gasteiger partial charge in [0, 0.05) is 31.0 Å². The predicted molar refractivity (Wildman–Crippen MR) is 134 cm³/mol. The molecule has 1 aliphatic rings. The lowest BCUT2D eigenvalue weighted by atomic mass is 9.84. The monoisotopic (exact) mass is 443 g/mol. The van der Waals surface area contributed by atoms with Crippen LogP contribution < -0.4 is 15.0 Å². The van der Waals surface area contributed by atoms with Crippen molar-refractivity contribution in [2.45, 2.75) is 38.8 Å². The van der Waals surface area contributed by atoms with E-state index >= 15 is 0 Å². The molecule has 3 aromatic carbocycles. The number of hydrogen-bond donors (Lipinski definition) is 1. The molecule has 0 radical (unpaired) electrons. The molecule has 0 amide bonds. The molecule has 1 heterocycles. The van der Waals surface area contributed by atoms with Crippen LogP contribution in [-0.4, -0.2) is 32.8 Å². The first kappa shape index (κ1) is 22.7. The van der Waals surface area contributed by atoms with Crippen molar-refractivity contribution in [3.8, 4) is 16.9 Å². The molecule has 0 fully saturated rings. The summed E-state index contributed by atoms with van der Waals surface area (Å²) >= 11 is 0. The van der Waals surface area contributed by atoms with Crippen molar-refractivity contribution >= 4 is 17.3 Å². The normalized spacial score (nSPS) is 14.8. The van der Waals surface area contributed by atoms with E-state index in [1.807, 2.05) is 46.0 Å². The molecule has 0 spiro atoms. The van der Waals surface area contributed by atoms with E-state index in [1.54, 1.807) is 7.11 Å². The van der Waals surface area contributed by atoms with Crippen LogP contribution in [0.15, 0.2) is 60.7 Å². The molecule has 5 nitrogen and oxygen atoms in total. The van der Waals surface area contributed by atoms with Gasteiger partial charge in [-0.1, -0.05) is 36.4 Å². The average molecular weight is 444 g/mol. The van der Waals surface area contributed by atoms with E-state index in [1.165, 1.54) is 16.7 Å². The number of hydrogen-bond acceptors (Lipinski definition) is 5. The van der Waals surface area contributed by atoms with Crippen LogP contribution in [0.25, 0.3) is 11.1 Å². The smallest absolute Gasteiger partial charge is 0.310 e. The van der Waals surface area contributed by atoms with Gasteiger partial charge in [-0.15, -0.1) is 0 Å². The molecule has 0 aromatic heterocycles. The Kier molecular flexibility index (Phi) is 6.07. The number of anilines is 2. The molecule has 3 aromatic rings. The van der Waals surface area contributed by atoms with Gasteiger partial charge in [-0.25, -0.2) is 0 Å². The molecule has 1 aliphatic heterocycles. The number of benzene rings is 3. The number of fused-ring (bicyclic) bond motifs is 3. The van der Waals surface area contributed by atoms with Crippen molar-refractivity contribution in [2.24, 2.45) is 0 Å². The van der Waals surface area contributed by atoms with E-state index in [-0.39, 0.29) is 18.4 Å². The van der Waals surface area contributed by atoms with Gasteiger partial charge in [0.25, 0.3) is 0 Å². The second-order valence-corrected chi connectivity index (χ2v) is 9.45. The third-order valence-corrected chi connectivity index (χ3v) is 5.95. The summed E-state index contributed by atoms with van der Waals surface area (Å²) in [6, 6.07) is 21.0. The van der Waals surface area contributed by atoms with E-state index in [0.29, 0.717) is 0 Å². The number of carbonyl (C=O) groups excluding carboxylic acids is 1. The number of ether oxygens (including phenoxy) is 2. The Hall–Kier alpha value is -3.47. The predicted octanol–water partition coefficient (Wildman–Crippen LogP) is 5.83. The minimum absolute atomic E-state index is 0.00380. The Balaban J connectivity index is 1.81. The second kappa shape index (κ2) is 8.81. The molecule has 0 saturated heterocycles. The number of nitrogens with zero attached hydrogens (tertiary/aromatic N) is 1. The van der Waals surface area contributed by atoms with Crippen molar-refractivity contribution in [2.75, 3.05) is 31.4 Å². The van der Waals surface area contributed by atoms with Gasteiger partial charge < -0.3 is 19.7 Å². The third kappa shape index (κ3) is 4.68. The Morgan fingerprint density at radius 2 is 1.70 bits per heavy atom. The van der Waals surface area contributed by atoms with E-state index < -0.39 is 5.60 Å². The molecule has 4 rings (SSSR count). The number of rotatable bonds is 5. The summed E-state index contributed by atoms with van der Waals surface area (Å²) in [5, 5.41) is 3.25. The van der Waals surface area contributed by atoms with Crippen molar-refractivity contribution in [1.29, 1.82) is 0 Å². The van der Waals surface area contributed by atoms with E-state index in [0.717, 1.165) is 28.3 Å². The largest absolute Gasteiger partial charge is 0.497 e. The van der Waals surface area contributed by atoms with Gasteiger partial charge in [-0.05, 0) is 67.3 Å². The first-order valence-electron chi connectivity index (χ1n) is 11.2. The lowest BCUT2D eigenvalue weighted by Gasteiger charge is -2.38. The fraction of sp³-hybridized carbons (Fsp3) is 0.321. The number of carbonyl (C=O) groups is 1. The van der Waals surface area contributed by atoms with Crippen molar-refractivity contribution < 1.29 is 14.3 Å². The maximum absolute atomic E-state index is 12.5. The summed E-state index contributed by atoms with van der Waals surface area (Å²) in [6.07, 6.45) is 0.245. The quantitative estimate of drug-likeness (QED) is 0.503. The number of nitrogens with one attached hydrogen (secondary N) is 1. The van der Waals surface area contributed by atoms with Crippen LogP contribution >= 0.6 is 0 Å². The molecule has 0 saturated carbocycles. The molecular formula is C28H32N2O3. The summed E-state index contributed by atoms with van der Waals surface area (Å²) in [5.41, 5.74) is 7.38. The molecule has 172 valence electrons. The van der Waals surface area contributed by atoms with Gasteiger partial charge >= 0.3 is 5.97 Å². The van der Waals surface area contributed by atoms with Gasteiger partial charge in [-0.3, -0.25) is 4.79 Å². The first-order chi connectivity index (χ1) is 15.7. The maximum atomic E-state index is 12.5. The Labute approximate surface area is 196 Å². The van der Waals surface area contributed by atoms with Crippen LogP contribution in [0.1, 0.15) is 43.5 Å². The average Bonchev–Trinajstić information content (AvgIpc) is 2.78. The molecule has 1 N–H and O–H groups in total. The van der Waals surface area contributed by atoms with E-state index in [9.17, 15) is 4.79 Å². The number of esters is 1. The third-order valence-electron chi connectivity index (χ3n) is 5.95. The second-order valence-electron chi connectivity index (χ2n) is 9.45. The fourth-order valence-electron chi connectivity index (χ4n) is 4.48. The van der Waals surface area contributed by atoms with Crippen LogP contribution in [-0.2, 0) is 16.0 Å². The topological polar surface area (TPSA) is 50.8 Å². The zero-order valence-electron chi connectivity index (χ0n) is 20.2. The van der Waals surface area contributed by atoms with Crippen molar-refractivity contribution in [3.05, 3.63) is 77.4 Å². The molecule has 1 unspecified atom stereocenters. The Morgan fingerprint density at radius 3 is 2.33 bits per heavy atom. The molecule has 1 atom stereocenters. The molecule has 0 bridgehead atoms. The Bertz CT molecular complexity index is 1160. The lowest BCUT2D eigenvalue weighted by molar-refractivity contribution is -0.153. The summed E-state index contributed by atoms with van der Waals surface area (Å²) in [4.78, 5) is 14.8. The lowest BCUT2D eigenvalue weighted by Crippen LogP contribution is -2.29. The molecular weight excluding hydrogens is 411 g/mol. The van der Waals surface area contributed by atoms with Crippen molar-refractivity contribution in [3.63, 3.8) is 0 Å². The Morgan fingerprint density at radius 1 is 1.00 bits per heavy atom. The molecule has 33 heavy (non-hydrogen) atoms. The van der Waals surface area contributed by atoms with Gasteiger partial charge in [0.2, 0.25) is 0 Å². The highest BCUT2D eigenvalue weighted by atomic mass is 16.6. The summed E-state index contributed by atoms with van der Waals surface area (Å²) in [5.74, 6) is 0.612. The van der Waals surface area contributed by atoms with Gasteiger partial charge in [0.1, 0.15) is 11.4 Å². The highest BCUT2D eigenvalue weighted by Crippen LogP contribution is 2.47.